The molecule has 108 valence electrons. The Morgan fingerprint density at radius 3 is 2.37 bits per heavy atom. The summed E-state index contributed by atoms with van der Waals surface area (Å²) in [6.07, 6.45) is -0.738. The molecule has 0 radical (unpaired) electrons. The monoisotopic (exact) mass is 275 g/mol. The molecule has 0 saturated carbocycles. The number of nitrogens with two attached hydrogens (primary N) is 1. The molecule has 1 rings (SSSR count). The van der Waals surface area contributed by atoms with Crippen LogP contribution in [-0.4, -0.2) is 4.98 Å². The van der Waals surface area contributed by atoms with Crippen LogP contribution in [0.5, 0.6) is 0 Å². The van der Waals surface area contributed by atoms with Gasteiger partial charge in [-0.3, -0.25) is 16.3 Å². The van der Waals surface area contributed by atoms with Gasteiger partial charge in [0.2, 0.25) is 0 Å². The van der Waals surface area contributed by atoms with E-state index in [2.05, 4.69) is 24.3 Å². The summed E-state index contributed by atoms with van der Waals surface area (Å²) in [4.78, 5) is 3.85. The first-order valence-electron chi connectivity index (χ1n) is 6.34. The van der Waals surface area contributed by atoms with E-state index in [1.165, 1.54) is 6.07 Å². The van der Waals surface area contributed by atoms with E-state index in [9.17, 15) is 13.2 Å². The molecule has 0 amide bonds. The number of hydrogen-bond acceptors (Lipinski definition) is 3. The lowest BCUT2D eigenvalue weighted by molar-refractivity contribution is -0.137. The molecule has 3 N–H and O–H groups in total. The molecule has 0 aliphatic heterocycles. The average Bonchev–Trinajstić information content (AvgIpc) is 2.33. The number of rotatable bonds is 6. The minimum Gasteiger partial charge on any atom is -0.271 e. The summed E-state index contributed by atoms with van der Waals surface area (Å²) in [6.45, 7) is 4.25. The Hall–Kier alpha value is -1.14. The van der Waals surface area contributed by atoms with E-state index < -0.39 is 11.7 Å². The zero-order chi connectivity index (χ0) is 14.5. The molecule has 1 unspecified atom stereocenters. The lowest BCUT2D eigenvalue weighted by atomic mass is 10.0. The lowest BCUT2D eigenvalue weighted by Gasteiger charge is -2.16. The normalized spacial score (nSPS) is 13.8. The van der Waals surface area contributed by atoms with Crippen molar-refractivity contribution >= 4 is 0 Å². The van der Waals surface area contributed by atoms with Crippen molar-refractivity contribution in [2.45, 2.75) is 45.3 Å². The van der Waals surface area contributed by atoms with Gasteiger partial charge in [0.15, 0.2) is 0 Å². The van der Waals surface area contributed by atoms with E-state index in [1.54, 1.807) is 0 Å². The minimum atomic E-state index is -4.35. The summed E-state index contributed by atoms with van der Waals surface area (Å²) < 4.78 is 37.2. The van der Waals surface area contributed by atoms with Crippen LogP contribution in [0.15, 0.2) is 18.3 Å². The number of alkyl halides is 3. The third-order valence-electron chi connectivity index (χ3n) is 2.95. The van der Waals surface area contributed by atoms with Crippen molar-refractivity contribution in [3.05, 3.63) is 29.6 Å². The minimum absolute atomic E-state index is 0.207. The van der Waals surface area contributed by atoms with Crippen LogP contribution in [0.1, 0.15) is 50.4 Å². The zero-order valence-corrected chi connectivity index (χ0v) is 11.2. The Labute approximate surface area is 111 Å². The third kappa shape index (κ3) is 5.16. The summed E-state index contributed by atoms with van der Waals surface area (Å²) in [6, 6.07) is 2.21. The number of pyridine rings is 1. The first-order chi connectivity index (χ1) is 8.84. The first kappa shape index (κ1) is 15.9. The van der Waals surface area contributed by atoms with E-state index in [0.717, 1.165) is 31.5 Å². The van der Waals surface area contributed by atoms with Gasteiger partial charge in [-0.25, -0.2) is 0 Å². The third-order valence-corrected chi connectivity index (χ3v) is 2.95. The van der Waals surface area contributed by atoms with Crippen LogP contribution >= 0.6 is 0 Å². The Morgan fingerprint density at radius 2 is 1.95 bits per heavy atom. The second-order valence-corrected chi connectivity index (χ2v) is 5.01. The number of hydrazine groups is 1. The predicted molar refractivity (Wildman–Crippen MR) is 68.0 cm³/mol. The molecule has 6 heteroatoms. The Balaban J connectivity index is 2.66. The largest absolute Gasteiger partial charge is 0.417 e. The molecule has 1 heterocycles. The van der Waals surface area contributed by atoms with Crippen LogP contribution in [0, 0.1) is 5.92 Å². The maximum atomic E-state index is 12.4. The van der Waals surface area contributed by atoms with Crippen LogP contribution in [0.3, 0.4) is 0 Å². The van der Waals surface area contributed by atoms with Crippen LogP contribution < -0.4 is 11.3 Å². The molecule has 3 nitrogen and oxygen atoms in total. The molecule has 0 saturated heterocycles. The van der Waals surface area contributed by atoms with Gasteiger partial charge in [-0.2, -0.15) is 13.2 Å². The van der Waals surface area contributed by atoms with Gasteiger partial charge in [-0.05, 0) is 24.5 Å². The van der Waals surface area contributed by atoms with Crippen LogP contribution in [0.4, 0.5) is 13.2 Å². The molecular weight excluding hydrogens is 255 g/mol. The van der Waals surface area contributed by atoms with Gasteiger partial charge < -0.3 is 0 Å². The standard InChI is InChI=1S/C13H20F3N3/c1-9(2)4-3-5-12(19-17)11-7-6-10(8-18-11)13(14,15)16/h6-9,12,19H,3-5,17H2,1-2H3. The van der Waals surface area contributed by atoms with Gasteiger partial charge >= 0.3 is 6.18 Å². The molecule has 1 atom stereocenters. The van der Waals surface area contributed by atoms with E-state index in [-0.39, 0.29) is 6.04 Å². The fraction of sp³-hybridized carbons (Fsp3) is 0.615. The summed E-state index contributed by atoms with van der Waals surface area (Å²) in [5.74, 6) is 6.03. The second kappa shape index (κ2) is 6.86. The van der Waals surface area contributed by atoms with Crippen molar-refractivity contribution in [2.75, 3.05) is 0 Å². The van der Waals surface area contributed by atoms with Gasteiger partial charge in [0, 0.05) is 6.20 Å². The molecule has 1 aromatic rings. The molecule has 0 spiro atoms. The molecule has 19 heavy (non-hydrogen) atoms. The van der Waals surface area contributed by atoms with Gasteiger partial charge in [0.1, 0.15) is 0 Å². The van der Waals surface area contributed by atoms with Gasteiger partial charge in [-0.1, -0.05) is 26.7 Å². The highest BCUT2D eigenvalue weighted by Crippen LogP contribution is 2.29. The maximum absolute atomic E-state index is 12.4. The van der Waals surface area contributed by atoms with Crippen LogP contribution in [0.25, 0.3) is 0 Å². The van der Waals surface area contributed by atoms with E-state index >= 15 is 0 Å². The quantitative estimate of drug-likeness (QED) is 0.617. The summed E-state index contributed by atoms with van der Waals surface area (Å²) in [5.41, 5.74) is 2.41. The fourth-order valence-corrected chi connectivity index (χ4v) is 1.83. The number of hydrogen-bond donors (Lipinski definition) is 2. The second-order valence-electron chi connectivity index (χ2n) is 5.01. The van der Waals surface area contributed by atoms with Gasteiger partial charge in [0.05, 0.1) is 17.3 Å². The smallest absolute Gasteiger partial charge is 0.271 e. The van der Waals surface area contributed by atoms with E-state index in [1.807, 2.05) is 0 Å². The van der Waals surface area contributed by atoms with Crippen molar-refractivity contribution in [3.63, 3.8) is 0 Å². The lowest BCUT2D eigenvalue weighted by Crippen LogP contribution is -2.28. The Morgan fingerprint density at radius 1 is 1.26 bits per heavy atom. The number of aromatic nitrogens is 1. The topological polar surface area (TPSA) is 50.9 Å². The highest BCUT2D eigenvalue weighted by Gasteiger charge is 2.30. The number of halogens is 3. The molecule has 0 aliphatic carbocycles. The SMILES string of the molecule is CC(C)CCCC(NN)c1ccc(C(F)(F)F)cn1. The van der Waals surface area contributed by atoms with Crippen molar-refractivity contribution in [2.24, 2.45) is 11.8 Å². The van der Waals surface area contributed by atoms with Crippen molar-refractivity contribution in [1.29, 1.82) is 0 Å². The molecule has 1 aromatic heterocycles. The van der Waals surface area contributed by atoms with E-state index in [0.29, 0.717) is 11.6 Å². The average molecular weight is 275 g/mol. The molecular formula is C13H20F3N3. The zero-order valence-electron chi connectivity index (χ0n) is 11.2. The Bertz CT molecular complexity index is 374. The highest BCUT2D eigenvalue weighted by molar-refractivity contribution is 5.18. The number of nitrogens with zero attached hydrogens (tertiary/aromatic N) is 1. The van der Waals surface area contributed by atoms with Crippen molar-refractivity contribution in [3.8, 4) is 0 Å². The van der Waals surface area contributed by atoms with Gasteiger partial charge in [0.25, 0.3) is 0 Å². The van der Waals surface area contributed by atoms with Crippen LogP contribution in [-0.2, 0) is 6.18 Å². The molecule has 0 aromatic carbocycles. The fourth-order valence-electron chi connectivity index (χ4n) is 1.83. The highest BCUT2D eigenvalue weighted by atomic mass is 19.4. The molecule has 0 bridgehead atoms. The van der Waals surface area contributed by atoms with E-state index in [4.69, 9.17) is 5.84 Å². The Kier molecular flexibility index (Phi) is 5.75. The summed E-state index contributed by atoms with van der Waals surface area (Å²) in [7, 11) is 0. The predicted octanol–water partition coefficient (Wildman–Crippen LogP) is 3.43. The summed E-state index contributed by atoms with van der Waals surface area (Å²) >= 11 is 0. The number of nitrogens with one attached hydrogen (secondary N) is 1. The van der Waals surface area contributed by atoms with Crippen molar-refractivity contribution in [1.82, 2.24) is 10.4 Å². The maximum Gasteiger partial charge on any atom is 0.417 e. The molecule has 0 aliphatic rings. The molecule has 0 fully saturated rings. The van der Waals surface area contributed by atoms with Crippen molar-refractivity contribution < 1.29 is 13.2 Å². The summed E-state index contributed by atoms with van der Waals surface area (Å²) in [5, 5.41) is 0. The first-order valence-corrected chi connectivity index (χ1v) is 6.34. The van der Waals surface area contributed by atoms with Gasteiger partial charge in [-0.15, -0.1) is 0 Å². The van der Waals surface area contributed by atoms with Crippen LogP contribution in [0.2, 0.25) is 0 Å².